The molecule has 4 rings (SSSR count). The molecule has 2 heterocycles. The highest BCUT2D eigenvalue weighted by atomic mass is 16.5. The lowest BCUT2D eigenvalue weighted by Crippen LogP contribution is -2.47. The number of carbonyl (C=O) groups is 1. The highest BCUT2D eigenvalue weighted by Crippen LogP contribution is 2.39. The second kappa shape index (κ2) is 7.59. The standard InChI is InChI=1S/C24H25N3O2/c1-24(23(28)26-16-17-7-5-4-6-8-17)15-21-20(13-14-25-22(21)29-24)18-9-11-19(12-10-18)27(2)3/h4-14H,15-16H2,1-3H3,(H,26,28). The second-order valence-electron chi connectivity index (χ2n) is 7.76. The minimum absolute atomic E-state index is 0.131. The van der Waals surface area contributed by atoms with E-state index in [1.807, 2.05) is 57.4 Å². The number of nitrogens with zero attached hydrogens (tertiary/aromatic N) is 2. The number of pyridine rings is 1. The number of nitrogens with one attached hydrogen (secondary N) is 1. The van der Waals surface area contributed by atoms with E-state index in [1.165, 1.54) is 0 Å². The Labute approximate surface area is 171 Å². The van der Waals surface area contributed by atoms with E-state index >= 15 is 0 Å². The molecule has 0 spiro atoms. The van der Waals surface area contributed by atoms with Crippen LogP contribution in [0.15, 0.2) is 66.9 Å². The molecule has 1 N–H and O–H groups in total. The monoisotopic (exact) mass is 387 g/mol. The Morgan fingerprint density at radius 3 is 2.52 bits per heavy atom. The summed E-state index contributed by atoms with van der Waals surface area (Å²) in [6.07, 6.45) is 2.23. The molecule has 0 aliphatic carbocycles. The number of benzene rings is 2. The van der Waals surface area contributed by atoms with Crippen molar-refractivity contribution in [1.82, 2.24) is 10.3 Å². The van der Waals surface area contributed by atoms with Gasteiger partial charge in [0.2, 0.25) is 5.88 Å². The molecular weight excluding hydrogens is 362 g/mol. The van der Waals surface area contributed by atoms with E-state index in [1.54, 1.807) is 6.20 Å². The molecule has 148 valence electrons. The molecule has 0 saturated carbocycles. The van der Waals surface area contributed by atoms with Gasteiger partial charge in [-0.1, -0.05) is 42.5 Å². The van der Waals surface area contributed by atoms with Crippen molar-refractivity contribution in [3.63, 3.8) is 0 Å². The summed E-state index contributed by atoms with van der Waals surface area (Å²) in [6, 6.07) is 20.2. The summed E-state index contributed by atoms with van der Waals surface area (Å²) in [5, 5.41) is 3.00. The summed E-state index contributed by atoms with van der Waals surface area (Å²) in [5.74, 6) is 0.407. The highest BCUT2D eigenvalue weighted by molar-refractivity contribution is 5.87. The molecule has 1 aliphatic rings. The number of carbonyl (C=O) groups excluding carboxylic acids is 1. The van der Waals surface area contributed by atoms with Gasteiger partial charge in [0.1, 0.15) is 0 Å². The van der Waals surface area contributed by atoms with Gasteiger partial charge in [-0.2, -0.15) is 0 Å². The van der Waals surface area contributed by atoms with Crippen LogP contribution >= 0.6 is 0 Å². The SMILES string of the molecule is CN(C)c1ccc(-c2ccnc3c2CC(C)(C(=O)NCc2ccccc2)O3)cc1. The molecule has 0 bridgehead atoms. The maximum absolute atomic E-state index is 12.9. The van der Waals surface area contributed by atoms with Crippen LogP contribution < -0.4 is 15.0 Å². The zero-order chi connectivity index (χ0) is 20.4. The zero-order valence-corrected chi connectivity index (χ0v) is 17.0. The van der Waals surface area contributed by atoms with Crippen molar-refractivity contribution in [2.24, 2.45) is 0 Å². The van der Waals surface area contributed by atoms with Gasteiger partial charge in [0, 0.05) is 44.5 Å². The summed E-state index contributed by atoms with van der Waals surface area (Å²) in [5.41, 5.74) is 4.35. The van der Waals surface area contributed by atoms with E-state index in [-0.39, 0.29) is 5.91 Å². The molecule has 3 aromatic rings. The molecule has 1 unspecified atom stereocenters. The zero-order valence-electron chi connectivity index (χ0n) is 17.0. The number of hydrogen-bond donors (Lipinski definition) is 1. The first-order valence-electron chi connectivity index (χ1n) is 9.73. The van der Waals surface area contributed by atoms with Gasteiger partial charge in [0.05, 0.1) is 0 Å². The van der Waals surface area contributed by atoms with Crippen LogP contribution in [0.4, 0.5) is 5.69 Å². The second-order valence-corrected chi connectivity index (χ2v) is 7.76. The number of rotatable bonds is 5. The van der Waals surface area contributed by atoms with E-state index in [9.17, 15) is 4.79 Å². The average Bonchev–Trinajstić information content (AvgIpc) is 3.10. The van der Waals surface area contributed by atoms with Crippen molar-refractivity contribution < 1.29 is 9.53 Å². The van der Waals surface area contributed by atoms with E-state index in [4.69, 9.17) is 4.74 Å². The molecule has 29 heavy (non-hydrogen) atoms. The van der Waals surface area contributed by atoms with Crippen LogP contribution in [0.2, 0.25) is 0 Å². The lowest BCUT2D eigenvalue weighted by atomic mass is 9.93. The molecule has 1 aliphatic heterocycles. The van der Waals surface area contributed by atoms with Gasteiger partial charge < -0.3 is 15.0 Å². The van der Waals surface area contributed by atoms with Crippen LogP contribution in [0.25, 0.3) is 11.1 Å². The smallest absolute Gasteiger partial charge is 0.264 e. The quantitative estimate of drug-likeness (QED) is 0.723. The summed E-state index contributed by atoms with van der Waals surface area (Å²) >= 11 is 0. The van der Waals surface area contributed by atoms with Crippen molar-refractivity contribution in [3.05, 3.63) is 78.0 Å². The summed E-state index contributed by atoms with van der Waals surface area (Å²) in [7, 11) is 4.04. The molecule has 5 heteroatoms. The Bertz CT molecular complexity index is 1020. The fourth-order valence-electron chi connectivity index (χ4n) is 3.62. The third-order valence-corrected chi connectivity index (χ3v) is 5.32. The maximum Gasteiger partial charge on any atom is 0.264 e. The first-order valence-corrected chi connectivity index (χ1v) is 9.73. The van der Waals surface area contributed by atoms with E-state index in [0.29, 0.717) is 18.8 Å². The molecule has 0 radical (unpaired) electrons. The van der Waals surface area contributed by atoms with E-state index in [2.05, 4.69) is 39.5 Å². The van der Waals surface area contributed by atoms with Crippen molar-refractivity contribution in [1.29, 1.82) is 0 Å². The maximum atomic E-state index is 12.9. The van der Waals surface area contributed by atoms with Gasteiger partial charge in [0.25, 0.3) is 5.91 Å². The van der Waals surface area contributed by atoms with Crippen LogP contribution in [0.3, 0.4) is 0 Å². The summed E-state index contributed by atoms with van der Waals surface area (Å²) in [4.78, 5) is 19.4. The van der Waals surface area contributed by atoms with Crippen LogP contribution in [-0.4, -0.2) is 30.6 Å². The van der Waals surface area contributed by atoms with E-state index < -0.39 is 5.60 Å². The molecule has 1 aromatic heterocycles. The minimum atomic E-state index is -0.968. The third kappa shape index (κ3) is 3.81. The van der Waals surface area contributed by atoms with Crippen molar-refractivity contribution in [2.75, 3.05) is 19.0 Å². The number of fused-ring (bicyclic) bond motifs is 1. The van der Waals surface area contributed by atoms with E-state index in [0.717, 1.165) is 27.9 Å². The van der Waals surface area contributed by atoms with Crippen molar-refractivity contribution in [3.8, 4) is 17.0 Å². The molecule has 0 fully saturated rings. The van der Waals surface area contributed by atoms with Crippen LogP contribution in [-0.2, 0) is 17.8 Å². The van der Waals surface area contributed by atoms with Gasteiger partial charge in [0.15, 0.2) is 5.60 Å². The lowest BCUT2D eigenvalue weighted by molar-refractivity contribution is -0.134. The molecule has 0 saturated heterocycles. The molecule has 5 nitrogen and oxygen atoms in total. The fraction of sp³-hybridized carbons (Fsp3) is 0.250. The first kappa shape index (κ1) is 19.0. The number of amides is 1. The number of ether oxygens (including phenoxy) is 1. The molecule has 1 amide bonds. The van der Waals surface area contributed by atoms with Gasteiger partial charge in [-0.05, 0) is 41.8 Å². The average molecular weight is 387 g/mol. The van der Waals surface area contributed by atoms with Crippen LogP contribution in [0.1, 0.15) is 18.1 Å². The Hall–Kier alpha value is -3.34. The Morgan fingerprint density at radius 2 is 1.83 bits per heavy atom. The fourth-order valence-corrected chi connectivity index (χ4v) is 3.62. The Balaban J connectivity index is 1.54. The van der Waals surface area contributed by atoms with Crippen molar-refractivity contribution >= 4 is 11.6 Å². The number of aromatic nitrogens is 1. The number of hydrogen-bond acceptors (Lipinski definition) is 4. The first-order chi connectivity index (χ1) is 14.0. The number of anilines is 1. The highest BCUT2D eigenvalue weighted by Gasteiger charge is 2.43. The predicted octanol–water partition coefficient (Wildman–Crippen LogP) is 3.82. The Morgan fingerprint density at radius 1 is 1.10 bits per heavy atom. The lowest BCUT2D eigenvalue weighted by Gasteiger charge is -2.22. The van der Waals surface area contributed by atoms with Crippen LogP contribution in [0.5, 0.6) is 5.88 Å². The van der Waals surface area contributed by atoms with Gasteiger partial charge in [-0.25, -0.2) is 4.98 Å². The molecular formula is C24H25N3O2. The van der Waals surface area contributed by atoms with Crippen LogP contribution in [0, 0.1) is 0 Å². The van der Waals surface area contributed by atoms with Gasteiger partial charge in [-0.15, -0.1) is 0 Å². The normalized spacial score (nSPS) is 17.3. The topological polar surface area (TPSA) is 54.5 Å². The summed E-state index contributed by atoms with van der Waals surface area (Å²) in [6.45, 7) is 2.30. The largest absolute Gasteiger partial charge is 0.461 e. The van der Waals surface area contributed by atoms with Gasteiger partial charge >= 0.3 is 0 Å². The molecule has 2 aromatic carbocycles. The third-order valence-electron chi connectivity index (χ3n) is 5.32. The molecule has 1 atom stereocenters. The van der Waals surface area contributed by atoms with Crippen molar-refractivity contribution in [2.45, 2.75) is 25.5 Å². The van der Waals surface area contributed by atoms with Gasteiger partial charge in [-0.3, -0.25) is 4.79 Å². The minimum Gasteiger partial charge on any atom is -0.461 e. The predicted molar refractivity (Wildman–Crippen MR) is 115 cm³/mol. The summed E-state index contributed by atoms with van der Waals surface area (Å²) < 4.78 is 6.04. The Kier molecular flexibility index (Phi) is 4.97.